The Kier molecular flexibility index (Phi) is 8.18. The number of likely N-dealkylation sites (N-methyl/N-ethyl adjacent to an activating group) is 1. The van der Waals surface area contributed by atoms with Gasteiger partial charge in [-0.05, 0) is 109 Å². The SMILES string of the molecule is [2H]C(C)(Oc1c(OCC)ccc(C)c1C)C([2H])([2H])N(C)[C@](C)(C([2H])([2H])C)C([2H])(C)c1ccc(OCC)c(S(=O)(=O)NC)c1C. The Morgan fingerprint density at radius 3 is 2.16 bits per heavy atom. The van der Waals surface area contributed by atoms with Gasteiger partial charge in [0.1, 0.15) is 16.7 Å². The summed E-state index contributed by atoms with van der Waals surface area (Å²) in [5, 5.41) is 0. The van der Waals surface area contributed by atoms with Crippen molar-refractivity contribution in [1.82, 2.24) is 9.62 Å². The summed E-state index contributed by atoms with van der Waals surface area (Å²) in [6.07, 6.45) is -4.62. The van der Waals surface area contributed by atoms with Gasteiger partial charge < -0.3 is 14.2 Å². The van der Waals surface area contributed by atoms with Gasteiger partial charge in [-0.2, -0.15) is 0 Å². The maximum atomic E-state index is 13.1. The normalized spacial score (nSPS) is 19.9. The molecule has 8 heteroatoms. The van der Waals surface area contributed by atoms with Crippen LogP contribution in [0.15, 0.2) is 29.2 Å². The maximum absolute atomic E-state index is 13.1. The van der Waals surface area contributed by atoms with Crippen molar-refractivity contribution >= 4 is 10.0 Å². The highest BCUT2D eigenvalue weighted by Crippen LogP contribution is 2.41. The molecule has 3 atom stereocenters. The third-order valence-corrected chi connectivity index (χ3v) is 8.60. The van der Waals surface area contributed by atoms with Gasteiger partial charge in [0.15, 0.2) is 11.5 Å². The Hall–Kier alpha value is -2.29. The van der Waals surface area contributed by atoms with Crippen molar-refractivity contribution in [3.8, 4) is 17.2 Å². The van der Waals surface area contributed by atoms with E-state index in [4.69, 9.17) is 18.3 Å². The van der Waals surface area contributed by atoms with Crippen LogP contribution < -0.4 is 18.9 Å². The second kappa shape index (κ2) is 13.2. The average Bonchev–Trinajstić information content (AvgIpc) is 2.91. The van der Waals surface area contributed by atoms with Crippen molar-refractivity contribution in [2.45, 2.75) is 91.1 Å². The highest BCUT2D eigenvalue weighted by molar-refractivity contribution is 7.89. The Morgan fingerprint density at radius 2 is 1.61 bits per heavy atom. The summed E-state index contributed by atoms with van der Waals surface area (Å²) in [5.74, 6) is -1.38. The fourth-order valence-electron chi connectivity index (χ4n) is 4.33. The third kappa shape index (κ3) is 6.64. The zero-order valence-electron chi connectivity index (χ0n) is 30.6. The van der Waals surface area contributed by atoms with E-state index in [2.05, 4.69) is 4.72 Å². The first-order valence-electron chi connectivity index (χ1n) is 15.8. The van der Waals surface area contributed by atoms with Crippen LogP contribution in [0.4, 0.5) is 0 Å². The number of nitrogens with zero attached hydrogens (tertiary/aromatic N) is 1. The zero-order chi connectivity index (χ0) is 34.3. The molecule has 0 saturated heterocycles. The van der Waals surface area contributed by atoms with Crippen LogP contribution in [0.2, 0.25) is 0 Å². The van der Waals surface area contributed by atoms with E-state index in [1.807, 2.05) is 13.0 Å². The zero-order valence-corrected chi connectivity index (χ0v) is 25.4. The number of sulfonamides is 1. The lowest BCUT2D eigenvalue weighted by molar-refractivity contribution is 0.0610. The van der Waals surface area contributed by atoms with Gasteiger partial charge in [0.2, 0.25) is 10.0 Å². The number of aryl methyl sites for hydroxylation is 1. The minimum Gasteiger partial charge on any atom is -0.492 e. The monoisotopic (exact) mass is 554 g/mol. The van der Waals surface area contributed by atoms with Gasteiger partial charge in [-0.15, -0.1) is 0 Å². The van der Waals surface area contributed by atoms with Gasteiger partial charge >= 0.3 is 0 Å². The third-order valence-electron chi connectivity index (χ3n) is 7.02. The van der Waals surface area contributed by atoms with Gasteiger partial charge in [0.25, 0.3) is 0 Å². The fraction of sp³-hybridized carbons (Fsp3) is 0.600. The van der Waals surface area contributed by atoms with Gasteiger partial charge in [-0.3, -0.25) is 4.90 Å². The van der Waals surface area contributed by atoms with Crippen LogP contribution in [0.5, 0.6) is 17.2 Å². The van der Waals surface area contributed by atoms with E-state index in [0.717, 1.165) is 10.5 Å². The smallest absolute Gasteiger partial charge is 0.244 e. The molecule has 0 aromatic heterocycles. The van der Waals surface area contributed by atoms with E-state index in [1.54, 1.807) is 26.8 Å². The van der Waals surface area contributed by atoms with E-state index in [9.17, 15) is 12.5 Å². The first-order chi connectivity index (χ1) is 19.9. The lowest BCUT2D eigenvalue weighted by Crippen LogP contribution is -2.50. The van der Waals surface area contributed by atoms with Crippen LogP contribution in [0.25, 0.3) is 0 Å². The summed E-state index contributed by atoms with van der Waals surface area (Å²) in [5.41, 5.74) is -0.201. The quantitative estimate of drug-likeness (QED) is 0.309. The van der Waals surface area contributed by atoms with Crippen molar-refractivity contribution in [2.75, 3.05) is 33.8 Å². The van der Waals surface area contributed by atoms with Crippen LogP contribution in [0.3, 0.4) is 0 Å². The molecular formula is C30H48N2O5S. The second-order valence-corrected chi connectivity index (χ2v) is 11.1. The number of hydrogen-bond acceptors (Lipinski definition) is 6. The van der Waals surface area contributed by atoms with Crippen molar-refractivity contribution in [1.29, 1.82) is 0 Å². The molecule has 0 amide bonds. The molecule has 0 aliphatic rings. The summed E-state index contributed by atoms with van der Waals surface area (Å²) in [4.78, 5) is 0.836. The molecule has 0 saturated carbocycles. The van der Waals surface area contributed by atoms with Crippen molar-refractivity contribution in [3.05, 3.63) is 46.5 Å². The van der Waals surface area contributed by atoms with Gasteiger partial charge in [-0.25, -0.2) is 13.1 Å². The molecule has 0 fully saturated rings. The second-order valence-electron chi connectivity index (χ2n) is 9.25. The van der Waals surface area contributed by atoms with E-state index >= 15 is 0 Å². The summed E-state index contributed by atoms with van der Waals surface area (Å²) in [6.45, 7) is 11.8. The fourth-order valence-corrected chi connectivity index (χ4v) is 5.44. The van der Waals surface area contributed by atoms with E-state index in [-0.39, 0.29) is 34.1 Å². The number of benzene rings is 2. The van der Waals surface area contributed by atoms with Gasteiger partial charge in [0.05, 0.1) is 14.6 Å². The van der Waals surface area contributed by atoms with E-state index in [1.165, 1.54) is 60.8 Å². The molecule has 2 unspecified atom stereocenters. The molecule has 0 heterocycles. The van der Waals surface area contributed by atoms with Crippen LogP contribution in [-0.2, 0) is 10.0 Å². The Bertz CT molecular complexity index is 1460. The Balaban J connectivity index is 2.83. The first kappa shape index (κ1) is 23.6. The van der Waals surface area contributed by atoms with Crippen LogP contribution >= 0.6 is 0 Å². The van der Waals surface area contributed by atoms with Crippen molar-refractivity contribution < 1.29 is 30.9 Å². The summed E-state index contributed by atoms with van der Waals surface area (Å²) >= 11 is 0. The minimum absolute atomic E-state index is 0.0783. The molecule has 0 aliphatic heterocycles. The van der Waals surface area contributed by atoms with E-state index in [0.29, 0.717) is 17.9 Å². The van der Waals surface area contributed by atoms with Crippen molar-refractivity contribution in [2.24, 2.45) is 0 Å². The predicted molar refractivity (Wildman–Crippen MR) is 156 cm³/mol. The summed E-state index contributed by atoms with van der Waals surface area (Å²) in [6, 6.07) is 6.47. The highest BCUT2D eigenvalue weighted by Gasteiger charge is 2.37. The largest absolute Gasteiger partial charge is 0.492 e. The molecule has 2 rings (SSSR count). The molecule has 0 aliphatic carbocycles. The number of ether oxygens (including phenoxy) is 3. The van der Waals surface area contributed by atoms with Crippen LogP contribution in [0.1, 0.15) is 84.3 Å². The highest BCUT2D eigenvalue weighted by atomic mass is 32.2. The molecule has 1 N–H and O–H groups in total. The lowest BCUT2D eigenvalue weighted by Gasteiger charge is -2.45. The molecule has 0 spiro atoms. The molecule has 38 heavy (non-hydrogen) atoms. The Labute approximate surface area is 239 Å². The standard InChI is InChI=1S/C30H48N2O5S/c1-12-30(9,24(8)25-16-18-27(36-14-3)29(23(25)7)38(33,34)31-10)32(11)19-21(5)37-28-22(6)20(4)15-17-26(28)35-13-2/h15-18,21,24,31H,12-14,19H2,1-11H3/t21?,24?,30-/m1/s1/i12D2,19D2,21D,24D. The lowest BCUT2D eigenvalue weighted by atomic mass is 9.77. The van der Waals surface area contributed by atoms with Gasteiger partial charge in [-0.1, -0.05) is 26.0 Å². The van der Waals surface area contributed by atoms with E-state index < -0.39 is 40.4 Å². The molecule has 214 valence electrons. The topological polar surface area (TPSA) is 77.1 Å². The molecule has 0 bridgehead atoms. The summed E-state index contributed by atoms with van der Waals surface area (Å²) in [7, 11) is -1.50. The average molecular weight is 555 g/mol. The Morgan fingerprint density at radius 1 is 1.03 bits per heavy atom. The maximum Gasteiger partial charge on any atom is 0.244 e. The molecule has 2 aromatic rings. The van der Waals surface area contributed by atoms with Gasteiger partial charge in [0, 0.05) is 18.9 Å². The predicted octanol–water partition coefficient (Wildman–Crippen LogP) is 5.99. The molecule has 2 aromatic carbocycles. The molecule has 7 nitrogen and oxygen atoms in total. The summed E-state index contributed by atoms with van der Waals surface area (Å²) < 4.78 is 101. The first-order valence-corrected chi connectivity index (χ1v) is 14.2. The molecule has 0 radical (unpaired) electrons. The molecular weight excluding hydrogens is 500 g/mol. The van der Waals surface area contributed by atoms with Crippen LogP contribution in [-0.4, -0.2) is 58.7 Å². The number of nitrogens with one attached hydrogen (secondary N) is 1. The number of hydrogen-bond donors (Lipinski definition) is 1. The minimum atomic E-state index is -4.07. The van der Waals surface area contributed by atoms with Crippen LogP contribution in [0, 0.1) is 20.8 Å². The van der Waals surface area contributed by atoms with Crippen molar-refractivity contribution in [3.63, 3.8) is 0 Å². The number of rotatable bonds is 14.